The van der Waals surface area contributed by atoms with Crippen molar-refractivity contribution in [1.29, 1.82) is 0 Å². The first kappa shape index (κ1) is 29.2. The van der Waals surface area contributed by atoms with E-state index in [0.717, 1.165) is 49.2 Å². The molecule has 2 saturated heterocycles. The average molecular weight is 483 g/mol. The number of unbranched alkanes of at least 4 members (excludes halogenated alkanes) is 10. The molecule has 4 nitrogen and oxygen atoms in total. The first-order valence-corrected chi connectivity index (χ1v) is 15.1. The number of amides is 2. The summed E-state index contributed by atoms with van der Waals surface area (Å²) in [7, 11) is 0. The summed E-state index contributed by atoms with van der Waals surface area (Å²) in [5.74, 6) is 4.32. The molecule has 32 heavy (non-hydrogen) atoms. The van der Waals surface area contributed by atoms with Crippen molar-refractivity contribution in [3.63, 3.8) is 0 Å². The van der Waals surface area contributed by atoms with Gasteiger partial charge in [0.1, 0.15) is 0 Å². The zero-order chi connectivity index (χ0) is 23.3. The Kier molecular flexibility index (Phi) is 18.9. The van der Waals surface area contributed by atoms with Gasteiger partial charge in [-0.25, -0.2) is 0 Å². The second-order valence-electron chi connectivity index (χ2n) is 8.49. The van der Waals surface area contributed by atoms with Crippen molar-refractivity contribution >= 4 is 35.3 Å². The Morgan fingerprint density at radius 3 is 1.41 bits per heavy atom. The summed E-state index contributed by atoms with van der Waals surface area (Å²) in [6.45, 7) is 6.30. The number of hydrogen-bond donors (Lipinski definition) is 0. The fourth-order valence-electron chi connectivity index (χ4n) is 3.49. The number of allylic oxidation sites excluding steroid dienone is 2. The van der Waals surface area contributed by atoms with Crippen molar-refractivity contribution in [1.82, 2.24) is 9.80 Å². The molecule has 184 valence electrons. The highest BCUT2D eigenvalue weighted by atomic mass is 32.2. The number of thioether (sulfide) groups is 2. The van der Waals surface area contributed by atoms with Crippen LogP contribution >= 0.6 is 23.5 Å². The molecule has 0 unspecified atom stereocenters. The average Bonchev–Trinajstić information content (AvgIpc) is 3.53. The van der Waals surface area contributed by atoms with Crippen LogP contribution < -0.4 is 0 Å². The van der Waals surface area contributed by atoms with Crippen LogP contribution in [0.25, 0.3) is 0 Å². The smallest absolute Gasteiger partial charge is 0.246 e. The molecule has 0 radical (unpaired) electrons. The lowest BCUT2D eigenvalue weighted by atomic mass is 10.1. The predicted molar refractivity (Wildman–Crippen MR) is 143 cm³/mol. The molecule has 2 aliphatic heterocycles. The second-order valence-corrected chi connectivity index (χ2v) is 10.6. The summed E-state index contributed by atoms with van der Waals surface area (Å²) < 4.78 is 0. The van der Waals surface area contributed by atoms with E-state index in [1.165, 1.54) is 64.2 Å². The molecule has 2 rings (SSSR count). The number of carbonyl (C=O) groups excluding carboxylic acids is 2. The molecule has 0 spiro atoms. The van der Waals surface area contributed by atoms with Gasteiger partial charge >= 0.3 is 0 Å². The van der Waals surface area contributed by atoms with Crippen molar-refractivity contribution in [2.24, 2.45) is 0 Å². The molecule has 0 bridgehead atoms. The van der Waals surface area contributed by atoms with E-state index in [1.807, 2.05) is 45.5 Å². The normalized spacial score (nSPS) is 16.2. The van der Waals surface area contributed by atoms with Crippen LogP contribution in [-0.2, 0) is 9.59 Å². The van der Waals surface area contributed by atoms with Crippen molar-refractivity contribution in [2.45, 2.75) is 90.9 Å². The van der Waals surface area contributed by atoms with E-state index in [1.54, 1.807) is 12.2 Å². The predicted octanol–water partition coefficient (Wildman–Crippen LogP) is 6.87. The third-order valence-electron chi connectivity index (χ3n) is 5.60. The van der Waals surface area contributed by atoms with Crippen molar-refractivity contribution in [2.75, 3.05) is 36.3 Å². The van der Waals surface area contributed by atoms with Crippen LogP contribution in [0.1, 0.15) is 90.9 Å². The van der Waals surface area contributed by atoms with Gasteiger partial charge in [0, 0.05) is 24.6 Å². The summed E-state index contributed by atoms with van der Waals surface area (Å²) in [6, 6.07) is 0. The van der Waals surface area contributed by atoms with E-state index in [4.69, 9.17) is 0 Å². The van der Waals surface area contributed by atoms with E-state index in [-0.39, 0.29) is 11.8 Å². The van der Waals surface area contributed by atoms with E-state index in [9.17, 15) is 9.59 Å². The van der Waals surface area contributed by atoms with Crippen LogP contribution in [0.15, 0.2) is 24.3 Å². The third-order valence-corrected chi connectivity index (χ3v) is 7.53. The van der Waals surface area contributed by atoms with Gasteiger partial charge in [-0.15, -0.1) is 23.5 Å². The Balaban J connectivity index is 0.000000320. The van der Waals surface area contributed by atoms with Gasteiger partial charge in [0.15, 0.2) is 0 Å². The fourth-order valence-corrected chi connectivity index (χ4v) is 5.40. The van der Waals surface area contributed by atoms with Crippen molar-refractivity contribution in [3.05, 3.63) is 24.3 Å². The highest BCUT2D eigenvalue weighted by molar-refractivity contribution is 7.99. The second kappa shape index (κ2) is 20.7. The molecule has 0 N–H and O–H groups in total. The molecule has 0 aromatic rings. The van der Waals surface area contributed by atoms with Gasteiger partial charge in [-0.2, -0.15) is 0 Å². The van der Waals surface area contributed by atoms with E-state index >= 15 is 0 Å². The van der Waals surface area contributed by atoms with E-state index in [0.29, 0.717) is 0 Å². The van der Waals surface area contributed by atoms with Gasteiger partial charge in [0.25, 0.3) is 0 Å². The summed E-state index contributed by atoms with van der Waals surface area (Å²) in [5, 5.41) is 0. The van der Waals surface area contributed by atoms with Gasteiger partial charge in [0.2, 0.25) is 11.8 Å². The lowest BCUT2D eigenvalue weighted by Crippen LogP contribution is -2.25. The van der Waals surface area contributed by atoms with Crippen molar-refractivity contribution < 1.29 is 9.59 Å². The number of carbonyl (C=O) groups is 2. The molecule has 0 aromatic heterocycles. The Labute approximate surface area is 206 Å². The van der Waals surface area contributed by atoms with Gasteiger partial charge in [-0.1, -0.05) is 77.4 Å². The zero-order valence-electron chi connectivity index (χ0n) is 20.6. The maximum absolute atomic E-state index is 11.6. The number of hydrogen-bond acceptors (Lipinski definition) is 4. The van der Waals surface area contributed by atoms with Gasteiger partial charge < -0.3 is 9.80 Å². The van der Waals surface area contributed by atoms with Crippen LogP contribution in [0, 0.1) is 0 Å². The fraction of sp³-hybridized carbons (Fsp3) is 0.769. The number of nitrogens with zero attached hydrogens (tertiary/aromatic N) is 2. The van der Waals surface area contributed by atoms with Crippen LogP contribution in [-0.4, -0.2) is 58.0 Å². The van der Waals surface area contributed by atoms with Crippen LogP contribution in [0.5, 0.6) is 0 Å². The summed E-state index contributed by atoms with van der Waals surface area (Å²) in [5.41, 5.74) is 0. The Morgan fingerprint density at radius 2 is 1.06 bits per heavy atom. The highest BCUT2D eigenvalue weighted by Crippen LogP contribution is 2.14. The Hall–Kier alpha value is -0.880. The minimum Gasteiger partial charge on any atom is -0.329 e. The largest absolute Gasteiger partial charge is 0.329 e. The van der Waals surface area contributed by atoms with Crippen molar-refractivity contribution in [3.8, 4) is 0 Å². The molecule has 2 aliphatic rings. The molecule has 0 aromatic carbocycles. The number of rotatable bonds is 14. The maximum Gasteiger partial charge on any atom is 0.246 e. The quantitative estimate of drug-likeness (QED) is 0.200. The lowest BCUT2D eigenvalue weighted by Gasteiger charge is -2.10. The molecule has 6 heteroatoms. The monoisotopic (exact) mass is 482 g/mol. The molecular weight excluding hydrogens is 436 g/mol. The van der Waals surface area contributed by atoms with Gasteiger partial charge in [-0.05, 0) is 37.8 Å². The standard InChI is InChI=1S/2C13H23NOS/c2*1-2-3-4-5-6-7-8-9-13(15)14-10-11-16-12-14/h2*8-9H,2-7,10-12H2,1H3/b2*9-8+. The molecular formula is C26H46N2O2S2. The van der Waals surface area contributed by atoms with Crippen LogP contribution in [0.3, 0.4) is 0 Å². The third kappa shape index (κ3) is 15.0. The van der Waals surface area contributed by atoms with E-state index in [2.05, 4.69) is 13.8 Å². The first-order chi connectivity index (χ1) is 15.7. The minimum atomic E-state index is 0.193. The molecule has 2 fully saturated rings. The molecule has 2 amide bonds. The molecule has 0 atom stereocenters. The van der Waals surface area contributed by atoms with Crippen LogP contribution in [0.2, 0.25) is 0 Å². The topological polar surface area (TPSA) is 40.6 Å². The maximum atomic E-state index is 11.6. The van der Waals surface area contributed by atoms with Gasteiger partial charge in [-0.3, -0.25) is 9.59 Å². The molecule has 0 aliphatic carbocycles. The summed E-state index contributed by atoms with van der Waals surface area (Å²) in [4.78, 5) is 27.0. The SMILES string of the molecule is CCCCCCC/C=C/C(=O)N1CCSC1.CCCCCCC/C=C/C(=O)N1CCSC1. The lowest BCUT2D eigenvalue weighted by molar-refractivity contribution is -0.125. The zero-order valence-corrected chi connectivity index (χ0v) is 22.2. The summed E-state index contributed by atoms with van der Waals surface area (Å²) >= 11 is 3.67. The molecule has 2 heterocycles. The summed E-state index contributed by atoms with van der Waals surface area (Å²) in [6.07, 6.45) is 22.7. The molecule has 0 saturated carbocycles. The Morgan fingerprint density at radius 1 is 0.656 bits per heavy atom. The first-order valence-electron chi connectivity index (χ1n) is 12.7. The highest BCUT2D eigenvalue weighted by Gasteiger charge is 2.15. The van der Waals surface area contributed by atoms with Crippen LogP contribution in [0.4, 0.5) is 0 Å². The van der Waals surface area contributed by atoms with E-state index < -0.39 is 0 Å². The van der Waals surface area contributed by atoms with Gasteiger partial charge in [0.05, 0.1) is 11.8 Å². The minimum absolute atomic E-state index is 0.193. The Bertz CT molecular complexity index is 492.